The highest BCUT2D eigenvalue weighted by Gasteiger charge is 2.17. The number of hydrogen-bond donors (Lipinski definition) is 1. The van der Waals surface area contributed by atoms with E-state index in [-0.39, 0.29) is 6.03 Å². The second kappa shape index (κ2) is 7.12. The van der Waals surface area contributed by atoms with Crippen molar-refractivity contribution in [1.82, 2.24) is 4.57 Å². The van der Waals surface area contributed by atoms with E-state index in [2.05, 4.69) is 49.5 Å². The summed E-state index contributed by atoms with van der Waals surface area (Å²) < 4.78 is 1.70. The molecule has 0 radical (unpaired) electrons. The lowest BCUT2D eigenvalue weighted by Gasteiger charge is -2.12. The Balaban J connectivity index is 1.84. The molecular formula is C24H22N2O. The van der Waals surface area contributed by atoms with E-state index in [1.807, 2.05) is 54.7 Å². The maximum atomic E-state index is 12.9. The van der Waals surface area contributed by atoms with Crippen molar-refractivity contribution >= 4 is 22.6 Å². The molecule has 1 N–H and O–H groups in total. The highest BCUT2D eigenvalue weighted by Crippen LogP contribution is 2.35. The molecule has 0 atom stereocenters. The molecule has 3 nitrogen and oxygen atoms in total. The largest absolute Gasteiger partial charge is 0.330 e. The molecule has 1 amide bonds. The molecule has 1 aromatic heterocycles. The number of nitrogens with zero attached hydrogens (tertiary/aromatic N) is 1. The fourth-order valence-electron chi connectivity index (χ4n) is 3.51. The van der Waals surface area contributed by atoms with Crippen LogP contribution in [0.15, 0.2) is 85.1 Å². The first-order valence-corrected chi connectivity index (χ1v) is 9.21. The first-order valence-electron chi connectivity index (χ1n) is 9.21. The third kappa shape index (κ3) is 3.24. The first-order chi connectivity index (χ1) is 13.1. The molecule has 0 saturated carbocycles. The topological polar surface area (TPSA) is 34.0 Å². The van der Waals surface area contributed by atoms with Crippen LogP contribution < -0.4 is 5.32 Å². The summed E-state index contributed by atoms with van der Waals surface area (Å²) in [6, 6.07) is 25.8. The van der Waals surface area contributed by atoms with Crippen LogP contribution in [-0.2, 0) is 0 Å². The van der Waals surface area contributed by atoms with Crippen LogP contribution in [0, 0.1) is 0 Å². The molecular weight excluding hydrogens is 332 g/mol. The highest BCUT2D eigenvalue weighted by atomic mass is 16.2. The average Bonchev–Trinajstić information content (AvgIpc) is 3.08. The van der Waals surface area contributed by atoms with Crippen molar-refractivity contribution in [2.75, 3.05) is 5.32 Å². The maximum absolute atomic E-state index is 12.9. The van der Waals surface area contributed by atoms with E-state index in [0.717, 1.165) is 22.2 Å². The number of amides is 1. The van der Waals surface area contributed by atoms with E-state index in [1.165, 1.54) is 11.1 Å². The standard InChI is InChI=1S/C24H22N2O/c1-17(2)19-12-6-7-13-20(19)22-16-26(23-15-9-8-14-21(22)23)24(27)25-18-10-4-3-5-11-18/h3-17H,1-2H3,(H,25,27). The molecule has 0 aliphatic rings. The number of hydrogen-bond acceptors (Lipinski definition) is 1. The van der Waals surface area contributed by atoms with Gasteiger partial charge in [-0.2, -0.15) is 0 Å². The van der Waals surface area contributed by atoms with Crippen molar-refractivity contribution in [1.29, 1.82) is 0 Å². The van der Waals surface area contributed by atoms with Crippen molar-refractivity contribution in [3.63, 3.8) is 0 Å². The van der Waals surface area contributed by atoms with E-state index in [9.17, 15) is 4.79 Å². The second-order valence-electron chi connectivity index (χ2n) is 6.97. The Morgan fingerprint density at radius 1 is 0.815 bits per heavy atom. The zero-order valence-electron chi connectivity index (χ0n) is 15.5. The minimum Gasteiger partial charge on any atom is -0.307 e. The lowest BCUT2D eigenvalue weighted by molar-refractivity contribution is 0.254. The van der Waals surface area contributed by atoms with Crippen LogP contribution in [0.25, 0.3) is 22.0 Å². The molecule has 4 aromatic rings. The summed E-state index contributed by atoms with van der Waals surface area (Å²) in [7, 11) is 0. The molecule has 3 heteroatoms. The van der Waals surface area contributed by atoms with Crippen LogP contribution in [0.3, 0.4) is 0 Å². The molecule has 0 bridgehead atoms. The van der Waals surface area contributed by atoms with Gasteiger partial charge in [0.2, 0.25) is 0 Å². The number of fused-ring (bicyclic) bond motifs is 1. The number of anilines is 1. The lowest BCUT2D eigenvalue weighted by Crippen LogP contribution is -2.18. The van der Waals surface area contributed by atoms with Gasteiger partial charge >= 0.3 is 6.03 Å². The zero-order chi connectivity index (χ0) is 18.8. The molecule has 0 aliphatic carbocycles. The maximum Gasteiger partial charge on any atom is 0.330 e. The third-order valence-electron chi connectivity index (χ3n) is 4.83. The van der Waals surface area contributed by atoms with Crippen LogP contribution in [-0.4, -0.2) is 10.6 Å². The Morgan fingerprint density at radius 3 is 2.26 bits per heavy atom. The van der Waals surface area contributed by atoms with Gasteiger partial charge in [-0.05, 0) is 35.2 Å². The summed E-state index contributed by atoms with van der Waals surface area (Å²) >= 11 is 0. The fraction of sp³-hybridized carbons (Fsp3) is 0.125. The molecule has 0 saturated heterocycles. The SMILES string of the molecule is CC(C)c1ccccc1-c1cn(C(=O)Nc2ccccc2)c2ccccc12. The second-order valence-corrected chi connectivity index (χ2v) is 6.97. The van der Waals surface area contributed by atoms with Gasteiger partial charge in [-0.3, -0.25) is 4.57 Å². The molecule has 0 unspecified atom stereocenters. The normalized spacial score (nSPS) is 11.1. The van der Waals surface area contributed by atoms with Crippen molar-refractivity contribution in [2.24, 2.45) is 0 Å². The monoisotopic (exact) mass is 354 g/mol. The van der Waals surface area contributed by atoms with Gasteiger partial charge in [0.25, 0.3) is 0 Å². The Labute approximate surface area is 159 Å². The van der Waals surface area contributed by atoms with E-state index < -0.39 is 0 Å². The summed E-state index contributed by atoms with van der Waals surface area (Å²) in [5.41, 5.74) is 5.22. The molecule has 0 spiro atoms. The summed E-state index contributed by atoms with van der Waals surface area (Å²) in [5, 5.41) is 4.05. The Morgan fingerprint density at radius 2 is 1.48 bits per heavy atom. The fourth-order valence-corrected chi connectivity index (χ4v) is 3.51. The van der Waals surface area contributed by atoms with Gasteiger partial charge in [-0.1, -0.05) is 74.5 Å². The average molecular weight is 354 g/mol. The molecule has 4 rings (SSSR count). The van der Waals surface area contributed by atoms with Gasteiger partial charge in [0.15, 0.2) is 0 Å². The minimum atomic E-state index is -0.161. The van der Waals surface area contributed by atoms with Gasteiger partial charge in [0.05, 0.1) is 5.52 Å². The highest BCUT2D eigenvalue weighted by molar-refractivity contribution is 6.04. The smallest absolute Gasteiger partial charge is 0.307 e. The summed E-state index contributed by atoms with van der Waals surface area (Å²) in [5.74, 6) is 0.404. The van der Waals surface area contributed by atoms with Crippen molar-refractivity contribution < 1.29 is 4.79 Å². The number of para-hydroxylation sites is 2. The summed E-state index contributed by atoms with van der Waals surface area (Å²) in [6.45, 7) is 4.39. The molecule has 27 heavy (non-hydrogen) atoms. The van der Waals surface area contributed by atoms with Gasteiger partial charge in [0, 0.05) is 22.8 Å². The minimum absolute atomic E-state index is 0.161. The predicted octanol–water partition coefficient (Wildman–Crippen LogP) is 6.51. The van der Waals surface area contributed by atoms with Crippen molar-refractivity contribution in [2.45, 2.75) is 19.8 Å². The number of carbonyl (C=O) groups is 1. The van der Waals surface area contributed by atoms with Crippen molar-refractivity contribution in [3.8, 4) is 11.1 Å². The Kier molecular flexibility index (Phi) is 4.51. The first kappa shape index (κ1) is 17.1. The predicted molar refractivity (Wildman–Crippen MR) is 112 cm³/mol. The molecule has 0 aliphatic heterocycles. The number of rotatable bonds is 3. The number of benzene rings is 3. The molecule has 0 fully saturated rings. The Hall–Kier alpha value is -3.33. The zero-order valence-corrected chi connectivity index (χ0v) is 15.5. The van der Waals surface area contributed by atoms with E-state index >= 15 is 0 Å². The molecule has 3 aromatic carbocycles. The van der Waals surface area contributed by atoms with Crippen LogP contribution in [0.5, 0.6) is 0 Å². The van der Waals surface area contributed by atoms with Gasteiger partial charge in [-0.25, -0.2) is 4.79 Å². The van der Waals surface area contributed by atoms with E-state index in [4.69, 9.17) is 0 Å². The summed E-state index contributed by atoms with van der Waals surface area (Å²) in [4.78, 5) is 12.9. The van der Waals surface area contributed by atoms with E-state index in [1.54, 1.807) is 4.57 Å². The summed E-state index contributed by atoms with van der Waals surface area (Å²) in [6.07, 6.45) is 1.95. The lowest BCUT2D eigenvalue weighted by atomic mass is 9.92. The van der Waals surface area contributed by atoms with Gasteiger partial charge in [0.1, 0.15) is 0 Å². The van der Waals surface area contributed by atoms with Crippen LogP contribution in [0.4, 0.5) is 10.5 Å². The van der Waals surface area contributed by atoms with Crippen LogP contribution in [0.2, 0.25) is 0 Å². The number of carbonyl (C=O) groups excluding carboxylic acids is 1. The van der Waals surface area contributed by atoms with Crippen LogP contribution >= 0.6 is 0 Å². The Bertz CT molecular complexity index is 1090. The number of nitrogens with one attached hydrogen (secondary N) is 1. The van der Waals surface area contributed by atoms with Gasteiger partial charge in [-0.15, -0.1) is 0 Å². The number of aromatic nitrogens is 1. The van der Waals surface area contributed by atoms with Crippen molar-refractivity contribution in [3.05, 3.63) is 90.6 Å². The third-order valence-corrected chi connectivity index (χ3v) is 4.83. The molecule has 134 valence electrons. The van der Waals surface area contributed by atoms with Gasteiger partial charge < -0.3 is 5.32 Å². The quantitative estimate of drug-likeness (QED) is 0.447. The van der Waals surface area contributed by atoms with Crippen LogP contribution in [0.1, 0.15) is 25.3 Å². The molecule has 1 heterocycles. The van der Waals surface area contributed by atoms with E-state index in [0.29, 0.717) is 5.92 Å².